The first-order chi connectivity index (χ1) is 48.7. The minimum atomic E-state index is -4.98. The van der Waals surface area contributed by atoms with Gasteiger partial charge in [0.25, 0.3) is 0 Å². The van der Waals surface area contributed by atoms with Gasteiger partial charge in [0.1, 0.15) is 19.3 Å². The predicted octanol–water partition coefficient (Wildman–Crippen LogP) is 23.2. The Morgan fingerprint density at radius 2 is 0.520 bits per heavy atom. The van der Waals surface area contributed by atoms with Crippen molar-refractivity contribution in [3.8, 4) is 0 Å². The SMILES string of the molecule is CCCCC/C=C\C/C=C\CCCCCCCC(=O)OC[C@H](COP(=O)(O)OC[C@@H](O)COP(=O)(O)OC[C@@H](COC(=O)CCCCCCC/C=C\CCCCCCCC)OC(=O)CCCCCCC/C=C\CCCCCCCC)OC(=O)CCCCCCC/C=C\C=C/CCCCCC. The normalized spacial score (nSPS) is 14.3. The number of hydrogen-bond donors (Lipinski definition) is 3. The van der Waals surface area contributed by atoms with Gasteiger partial charge in [0, 0.05) is 25.7 Å². The van der Waals surface area contributed by atoms with Gasteiger partial charge in [-0.2, -0.15) is 0 Å². The van der Waals surface area contributed by atoms with Gasteiger partial charge in [-0.3, -0.25) is 37.3 Å². The van der Waals surface area contributed by atoms with Crippen LogP contribution in [0.3, 0.4) is 0 Å². The second-order valence-corrected chi connectivity index (χ2v) is 29.9. The maximum atomic E-state index is 13.1. The topological polar surface area (TPSA) is 237 Å². The first kappa shape index (κ1) is 96.5. The molecule has 100 heavy (non-hydrogen) atoms. The van der Waals surface area contributed by atoms with Crippen molar-refractivity contribution >= 4 is 39.5 Å². The monoisotopic (exact) mass is 1450 g/mol. The van der Waals surface area contributed by atoms with Gasteiger partial charge in [-0.15, -0.1) is 0 Å². The highest BCUT2D eigenvalue weighted by Crippen LogP contribution is 2.45. The van der Waals surface area contributed by atoms with E-state index in [0.29, 0.717) is 25.7 Å². The van der Waals surface area contributed by atoms with Gasteiger partial charge >= 0.3 is 39.5 Å². The van der Waals surface area contributed by atoms with Gasteiger partial charge in [0.05, 0.1) is 26.4 Å². The number of unbranched alkanes of at least 4 members (excludes halogenated alkanes) is 39. The summed E-state index contributed by atoms with van der Waals surface area (Å²) in [5.41, 5.74) is 0. The summed E-state index contributed by atoms with van der Waals surface area (Å²) in [7, 11) is -9.96. The lowest BCUT2D eigenvalue weighted by Gasteiger charge is -2.21. The van der Waals surface area contributed by atoms with E-state index in [4.69, 9.17) is 37.0 Å². The van der Waals surface area contributed by atoms with Gasteiger partial charge in [-0.05, 0) is 135 Å². The highest BCUT2D eigenvalue weighted by atomic mass is 31.2. The lowest BCUT2D eigenvalue weighted by atomic mass is 10.1. The van der Waals surface area contributed by atoms with Crippen LogP contribution in [0.5, 0.6) is 0 Å². The molecular weight excluding hydrogens is 1310 g/mol. The predicted molar refractivity (Wildman–Crippen MR) is 409 cm³/mol. The fourth-order valence-electron chi connectivity index (χ4n) is 10.9. The van der Waals surface area contributed by atoms with Crippen molar-refractivity contribution < 1.29 is 80.2 Å². The van der Waals surface area contributed by atoms with Crippen LogP contribution in [-0.2, 0) is 65.4 Å². The Bertz CT molecular complexity index is 2180. The molecule has 0 radical (unpaired) electrons. The van der Waals surface area contributed by atoms with E-state index in [1.165, 1.54) is 122 Å². The molecule has 0 amide bonds. The number of carbonyl (C=O) groups excluding carboxylic acids is 4. The molecule has 582 valence electrons. The van der Waals surface area contributed by atoms with E-state index in [2.05, 4.69) is 101 Å². The van der Waals surface area contributed by atoms with Crippen molar-refractivity contribution in [1.82, 2.24) is 0 Å². The molecule has 19 heteroatoms. The molecule has 0 saturated heterocycles. The van der Waals surface area contributed by atoms with Crippen LogP contribution < -0.4 is 0 Å². The molecule has 2 unspecified atom stereocenters. The van der Waals surface area contributed by atoms with Gasteiger partial charge in [0.2, 0.25) is 0 Å². The third-order valence-electron chi connectivity index (χ3n) is 17.1. The number of aliphatic hydroxyl groups is 1. The molecule has 0 aromatic rings. The molecule has 0 aliphatic rings. The summed E-state index contributed by atoms with van der Waals surface area (Å²) in [4.78, 5) is 73.0. The standard InChI is InChI=1S/C81H146O17P2/c1-5-9-13-17-21-25-29-33-37-41-45-49-53-57-61-65-78(83)91-71-76(97-80(85)67-63-59-55-51-47-43-39-35-31-27-23-19-15-11-7-3)73-95-99(87,88)93-69-75(82)70-94-100(89,90)96-74-77(98-81(86)68-64-60-56-52-48-44-40-36-32-28-24-20-16-12-8-4)72-92-79(84)66-62-58-54-50-46-42-38-34-30-26-22-18-14-10-6-2/h21,25,27,31,33-40,75-77,82H,5-20,22-24,26,28-30,32,41-74H2,1-4H3,(H,87,88)(H,89,90)/b25-21-,31-27-,37-33-,38-34-,39-35-,40-36-/t75-,76-,77-/m1/s1. The number of esters is 4. The number of carbonyl (C=O) groups is 4. The zero-order chi connectivity index (χ0) is 73.2. The number of aliphatic hydroxyl groups excluding tert-OH is 1. The van der Waals surface area contributed by atoms with E-state index >= 15 is 0 Å². The van der Waals surface area contributed by atoms with Crippen molar-refractivity contribution in [3.05, 3.63) is 72.9 Å². The van der Waals surface area contributed by atoms with E-state index in [0.717, 1.165) is 161 Å². The minimum absolute atomic E-state index is 0.0763. The largest absolute Gasteiger partial charge is 0.472 e. The van der Waals surface area contributed by atoms with Gasteiger partial charge in [-0.1, -0.05) is 274 Å². The molecule has 0 aliphatic carbocycles. The summed E-state index contributed by atoms with van der Waals surface area (Å²) < 4.78 is 68.6. The molecule has 3 N–H and O–H groups in total. The smallest absolute Gasteiger partial charge is 0.462 e. The molecule has 0 spiro atoms. The van der Waals surface area contributed by atoms with Crippen LogP contribution in [0.1, 0.15) is 362 Å². The van der Waals surface area contributed by atoms with Crippen molar-refractivity contribution in [2.75, 3.05) is 39.6 Å². The molecule has 0 heterocycles. The molecule has 0 bridgehead atoms. The first-order valence-electron chi connectivity index (χ1n) is 40.2. The molecular formula is C81H146O17P2. The number of phosphoric acid groups is 2. The summed E-state index contributed by atoms with van der Waals surface area (Å²) in [6.07, 6.45) is 74.4. The number of ether oxygens (including phenoxy) is 4. The Balaban J connectivity index is 5.37. The Kier molecular flexibility index (Phi) is 71.2. The van der Waals surface area contributed by atoms with Crippen LogP contribution in [0.4, 0.5) is 0 Å². The zero-order valence-electron chi connectivity index (χ0n) is 63.6. The van der Waals surface area contributed by atoms with Crippen LogP contribution >= 0.6 is 15.6 Å². The quantitative estimate of drug-likeness (QED) is 0.0128. The van der Waals surface area contributed by atoms with Crippen LogP contribution in [-0.4, -0.2) is 96.7 Å². The van der Waals surface area contributed by atoms with Crippen LogP contribution in [0.2, 0.25) is 0 Å². The van der Waals surface area contributed by atoms with Crippen molar-refractivity contribution in [1.29, 1.82) is 0 Å². The summed E-state index contributed by atoms with van der Waals surface area (Å²) in [5, 5.41) is 10.6. The Labute approximate surface area is 609 Å². The van der Waals surface area contributed by atoms with E-state index < -0.39 is 97.5 Å². The highest BCUT2D eigenvalue weighted by Gasteiger charge is 2.30. The summed E-state index contributed by atoms with van der Waals surface area (Å²) in [5.74, 6) is -2.20. The average Bonchev–Trinajstić information content (AvgIpc) is 1.01. The van der Waals surface area contributed by atoms with Crippen LogP contribution in [0, 0.1) is 0 Å². The molecule has 0 aromatic carbocycles. The molecule has 0 rings (SSSR count). The average molecular weight is 1450 g/mol. The molecule has 5 atom stereocenters. The van der Waals surface area contributed by atoms with Crippen LogP contribution in [0.25, 0.3) is 0 Å². The number of rotatable bonds is 76. The molecule has 0 fully saturated rings. The molecule has 0 aliphatic heterocycles. The van der Waals surface area contributed by atoms with Crippen molar-refractivity contribution in [2.24, 2.45) is 0 Å². The molecule has 0 saturated carbocycles. The van der Waals surface area contributed by atoms with Gasteiger partial charge in [0.15, 0.2) is 12.2 Å². The summed E-state index contributed by atoms with van der Waals surface area (Å²) in [6.45, 7) is 4.82. The Morgan fingerprint density at radius 3 is 0.840 bits per heavy atom. The Morgan fingerprint density at radius 1 is 0.290 bits per heavy atom. The maximum Gasteiger partial charge on any atom is 0.472 e. The fourth-order valence-corrected chi connectivity index (χ4v) is 12.5. The second-order valence-electron chi connectivity index (χ2n) is 27.0. The maximum absolute atomic E-state index is 13.1. The van der Waals surface area contributed by atoms with E-state index in [-0.39, 0.29) is 25.7 Å². The summed E-state index contributed by atoms with van der Waals surface area (Å²) >= 11 is 0. The number of hydrogen-bond acceptors (Lipinski definition) is 15. The lowest BCUT2D eigenvalue weighted by Crippen LogP contribution is -2.30. The second kappa shape index (κ2) is 73.8. The third kappa shape index (κ3) is 72.8. The highest BCUT2D eigenvalue weighted by molar-refractivity contribution is 7.47. The molecule has 17 nitrogen and oxygen atoms in total. The van der Waals surface area contributed by atoms with E-state index in [1.807, 2.05) is 0 Å². The fraction of sp³-hybridized carbons (Fsp3) is 0.802. The van der Waals surface area contributed by atoms with Crippen molar-refractivity contribution in [3.63, 3.8) is 0 Å². The number of phosphoric ester groups is 2. The first-order valence-corrected chi connectivity index (χ1v) is 43.2. The van der Waals surface area contributed by atoms with E-state index in [9.17, 15) is 43.2 Å². The Hall–Kier alpha value is -3.50. The zero-order valence-corrected chi connectivity index (χ0v) is 65.4. The minimum Gasteiger partial charge on any atom is -0.462 e. The van der Waals surface area contributed by atoms with Gasteiger partial charge < -0.3 is 33.8 Å². The van der Waals surface area contributed by atoms with Gasteiger partial charge in [-0.25, -0.2) is 9.13 Å². The molecule has 0 aromatic heterocycles. The van der Waals surface area contributed by atoms with E-state index in [1.54, 1.807) is 0 Å². The summed E-state index contributed by atoms with van der Waals surface area (Å²) in [6, 6.07) is 0. The number of allylic oxidation sites excluding steroid dienone is 12. The lowest BCUT2D eigenvalue weighted by molar-refractivity contribution is -0.161. The van der Waals surface area contributed by atoms with Crippen molar-refractivity contribution in [2.45, 2.75) is 380 Å². The van der Waals surface area contributed by atoms with Crippen LogP contribution in [0.15, 0.2) is 72.9 Å². The third-order valence-corrected chi connectivity index (χ3v) is 19.0.